The van der Waals surface area contributed by atoms with Crippen molar-refractivity contribution in [2.24, 2.45) is 0 Å². The fourth-order valence-electron chi connectivity index (χ4n) is 2.89. The van der Waals surface area contributed by atoms with Crippen LogP contribution in [-0.2, 0) is 9.53 Å². The molecule has 2 aliphatic heterocycles. The summed E-state index contributed by atoms with van der Waals surface area (Å²) in [5, 5.41) is 0. The Bertz CT molecular complexity index is 448. The van der Waals surface area contributed by atoms with Gasteiger partial charge in [-0.25, -0.2) is 0 Å². The number of carbonyl (C=O) groups is 1. The monoisotopic (exact) mass is 260 g/mol. The highest BCUT2D eigenvalue weighted by atomic mass is 16.5. The molecule has 2 fully saturated rings. The Kier molecular flexibility index (Phi) is 3.27. The third-order valence-electron chi connectivity index (χ3n) is 4.20. The van der Waals surface area contributed by atoms with Crippen molar-refractivity contribution in [2.75, 3.05) is 19.7 Å². The molecule has 1 aromatic heterocycles. The van der Waals surface area contributed by atoms with E-state index in [-0.39, 0.29) is 5.91 Å². The van der Waals surface area contributed by atoms with Crippen LogP contribution in [0.2, 0.25) is 0 Å². The standard InChI is InChI=1S/C15H20N2O2/c1-15(7-3-5-9-19-15)14(18)17-10-12(11-17)13-6-2-4-8-16-13/h2,4,6,8,12H,3,5,7,9-11H2,1H3/t15-/m0/s1. The van der Waals surface area contributed by atoms with Crippen molar-refractivity contribution in [3.05, 3.63) is 30.1 Å². The van der Waals surface area contributed by atoms with Gasteiger partial charge in [0.1, 0.15) is 5.60 Å². The van der Waals surface area contributed by atoms with Crippen molar-refractivity contribution in [1.82, 2.24) is 9.88 Å². The van der Waals surface area contributed by atoms with E-state index in [0.29, 0.717) is 12.5 Å². The molecule has 0 N–H and O–H groups in total. The Labute approximate surface area is 113 Å². The van der Waals surface area contributed by atoms with Crippen LogP contribution in [0.4, 0.5) is 0 Å². The Morgan fingerprint density at radius 2 is 2.26 bits per heavy atom. The van der Waals surface area contributed by atoms with Gasteiger partial charge in [-0.05, 0) is 38.3 Å². The third-order valence-corrected chi connectivity index (χ3v) is 4.20. The zero-order chi connectivity index (χ0) is 13.3. The van der Waals surface area contributed by atoms with Crippen LogP contribution in [-0.4, -0.2) is 41.1 Å². The Balaban J connectivity index is 1.60. The predicted molar refractivity (Wildman–Crippen MR) is 71.8 cm³/mol. The first-order valence-electron chi connectivity index (χ1n) is 7.03. The van der Waals surface area contributed by atoms with Crippen molar-refractivity contribution >= 4 is 5.91 Å². The first-order chi connectivity index (χ1) is 9.19. The topological polar surface area (TPSA) is 42.4 Å². The molecule has 1 amide bonds. The molecular weight excluding hydrogens is 240 g/mol. The molecule has 102 valence electrons. The van der Waals surface area contributed by atoms with E-state index in [0.717, 1.165) is 38.0 Å². The number of hydrogen-bond donors (Lipinski definition) is 0. The van der Waals surface area contributed by atoms with Gasteiger partial charge < -0.3 is 9.64 Å². The molecule has 2 saturated heterocycles. The molecule has 1 aromatic rings. The van der Waals surface area contributed by atoms with E-state index in [1.807, 2.05) is 36.2 Å². The van der Waals surface area contributed by atoms with Crippen LogP contribution in [0.1, 0.15) is 37.8 Å². The lowest BCUT2D eigenvalue weighted by Crippen LogP contribution is -2.57. The van der Waals surface area contributed by atoms with E-state index >= 15 is 0 Å². The molecule has 3 rings (SSSR count). The lowest BCUT2D eigenvalue weighted by atomic mass is 9.89. The van der Waals surface area contributed by atoms with Gasteiger partial charge in [0.2, 0.25) is 0 Å². The van der Waals surface area contributed by atoms with E-state index in [1.54, 1.807) is 0 Å². The van der Waals surface area contributed by atoms with Crippen LogP contribution >= 0.6 is 0 Å². The van der Waals surface area contributed by atoms with E-state index in [4.69, 9.17) is 4.74 Å². The van der Waals surface area contributed by atoms with Gasteiger partial charge in [0, 0.05) is 37.5 Å². The second kappa shape index (κ2) is 4.93. The molecule has 1 atom stereocenters. The molecule has 19 heavy (non-hydrogen) atoms. The van der Waals surface area contributed by atoms with Crippen molar-refractivity contribution in [1.29, 1.82) is 0 Å². The highest BCUT2D eigenvalue weighted by Crippen LogP contribution is 2.32. The van der Waals surface area contributed by atoms with E-state index in [9.17, 15) is 4.79 Å². The van der Waals surface area contributed by atoms with Gasteiger partial charge >= 0.3 is 0 Å². The summed E-state index contributed by atoms with van der Waals surface area (Å²) >= 11 is 0. The van der Waals surface area contributed by atoms with Gasteiger partial charge in [0.15, 0.2) is 0 Å². The predicted octanol–water partition coefficient (Wildman–Crippen LogP) is 1.97. The number of hydrogen-bond acceptors (Lipinski definition) is 3. The third kappa shape index (κ3) is 2.37. The second-order valence-electron chi connectivity index (χ2n) is 5.70. The van der Waals surface area contributed by atoms with Crippen LogP contribution in [0.3, 0.4) is 0 Å². The minimum absolute atomic E-state index is 0.152. The van der Waals surface area contributed by atoms with Crippen LogP contribution in [0.5, 0.6) is 0 Å². The zero-order valence-corrected chi connectivity index (χ0v) is 11.3. The Morgan fingerprint density at radius 3 is 2.89 bits per heavy atom. The number of likely N-dealkylation sites (tertiary alicyclic amines) is 1. The first-order valence-corrected chi connectivity index (χ1v) is 7.03. The summed E-state index contributed by atoms with van der Waals surface area (Å²) in [5.74, 6) is 0.539. The molecule has 0 spiro atoms. The fraction of sp³-hybridized carbons (Fsp3) is 0.600. The number of rotatable bonds is 2. The highest BCUT2D eigenvalue weighted by molar-refractivity contribution is 5.85. The van der Waals surface area contributed by atoms with Gasteiger partial charge in [-0.2, -0.15) is 0 Å². The highest BCUT2D eigenvalue weighted by Gasteiger charge is 2.43. The molecule has 0 saturated carbocycles. The molecular formula is C15H20N2O2. The zero-order valence-electron chi connectivity index (χ0n) is 11.3. The van der Waals surface area contributed by atoms with E-state index in [2.05, 4.69) is 4.98 Å². The molecule has 3 heterocycles. The van der Waals surface area contributed by atoms with Crippen molar-refractivity contribution < 1.29 is 9.53 Å². The number of aromatic nitrogens is 1. The Morgan fingerprint density at radius 1 is 1.42 bits per heavy atom. The fourth-order valence-corrected chi connectivity index (χ4v) is 2.89. The normalized spacial score (nSPS) is 27.9. The number of ether oxygens (including phenoxy) is 1. The largest absolute Gasteiger partial charge is 0.365 e. The average molecular weight is 260 g/mol. The molecule has 0 aromatic carbocycles. The molecule has 0 radical (unpaired) electrons. The summed E-state index contributed by atoms with van der Waals surface area (Å²) in [5.41, 5.74) is 0.495. The van der Waals surface area contributed by atoms with Crippen LogP contribution < -0.4 is 0 Å². The lowest BCUT2D eigenvalue weighted by Gasteiger charge is -2.44. The quantitative estimate of drug-likeness (QED) is 0.816. The molecule has 2 aliphatic rings. The smallest absolute Gasteiger partial charge is 0.254 e. The SMILES string of the molecule is C[C@@]1(C(=O)N2CC(c3ccccn3)C2)CCCCO1. The van der Waals surface area contributed by atoms with E-state index in [1.165, 1.54) is 0 Å². The van der Waals surface area contributed by atoms with Crippen LogP contribution in [0.25, 0.3) is 0 Å². The van der Waals surface area contributed by atoms with Gasteiger partial charge in [0.05, 0.1) is 0 Å². The van der Waals surface area contributed by atoms with Gasteiger partial charge in [-0.15, -0.1) is 0 Å². The van der Waals surface area contributed by atoms with Gasteiger partial charge in [-0.3, -0.25) is 9.78 Å². The van der Waals surface area contributed by atoms with Crippen molar-refractivity contribution in [2.45, 2.75) is 37.7 Å². The van der Waals surface area contributed by atoms with Crippen molar-refractivity contribution in [3.63, 3.8) is 0 Å². The van der Waals surface area contributed by atoms with E-state index < -0.39 is 5.60 Å². The van der Waals surface area contributed by atoms with Crippen LogP contribution in [0.15, 0.2) is 24.4 Å². The van der Waals surface area contributed by atoms with Gasteiger partial charge in [-0.1, -0.05) is 6.07 Å². The van der Waals surface area contributed by atoms with Crippen LogP contribution in [0, 0.1) is 0 Å². The van der Waals surface area contributed by atoms with Crippen molar-refractivity contribution in [3.8, 4) is 0 Å². The minimum atomic E-state index is -0.590. The minimum Gasteiger partial charge on any atom is -0.365 e. The summed E-state index contributed by atoms with van der Waals surface area (Å²) in [7, 11) is 0. The maximum absolute atomic E-state index is 12.5. The maximum Gasteiger partial charge on any atom is 0.254 e. The average Bonchev–Trinajstić information content (AvgIpc) is 2.39. The number of carbonyl (C=O) groups excluding carboxylic acids is 1. The molecule has 4 nitrogen and oxygen atoms in total. The Hall–Kier alpha value is -1.42. The molecule has 0 unspecified atom stereocenters. The summed E-state index contributed by atoms with van der Waals surface area (Å²) in [6, 6.07) is 5.95. The maximum atomic E-state index is 12.5. The summed E-state index contributed by atoms with van der Waals surface area (Å²) in [6.07, 6.45) is 4.81. The molecule has 4 heteroatoms. The number of pyridine rings is 1. The first kappa shape index (κ1) is 12.6. The molecule has 0 aliphatic carbocycles. The summed E-state index contributed by atoms with van der Waals surface area (Å²) in [4.78, 5) is 18.7. The molecule has 0 bridgehead atoms. The second-order valence-corrected chi connectivity index (χ2v) is 5.70. The number of nitrogens with zero attached hydrogens (tertiary/aromatic N) is 2. The summed E-state index contributed by atoms with van der Waals surface area (Å²) in [6.45, 7) is 4.19. The lowest BCUT2D eigenvalue weighted by molar-refractivity contribution is -0.166. The summed E-state index contributed by atoms with van der Waals surface area (Å²) < 4.78 is 5.72. The number of amides is 1. The van der Waals surface area contributed by atoms with Gasteiger partial charge in [0.25, 0.3) is 5.91 Å².